The van der Waals surface area contributed by atoms with E-state index in [1.54, 1.807) is 11.8 Å². The molecule has 1 heterocycles. The zero-order valence-corrected chi connectivity index (χ0v) is 14.3. The minimum absolute atomic E-state index is 0.0854. The highest BCUT2D eigenvalue weighted by atomic mass is 16.5. The number of nitrogens with zero attached hydrogens (tertiary/aromatic N) is 1. The number of anilines is 1. The Bertz CT molecular complexity index is 1100. The molecule has 0 amide bonds. The fraction of sp³-hybridized carbons (Fsp3) is 0.0455. The van der Waals surface area contributed by atoms with Gasteiger partial charge in [0.05, 0.1) is 18.5 Å². The van der Waals surface area contributed by atoms with Gasteiger partial charge in [0.15, 0.2) is 0 Å². The van der Waals surface area contributed by atoms with Crippen LogP contribution in [0.3, 0.4) is 0 Å². The summed E-state index contributed by atoms with van der Waals surface area (Å²) in [5, 5.41) is 1.59. The number of hydrogen-bond acceptors (Lipinski definition) is 3. The van der Waals surface area contributed by atoms with Crippen molar-refractivity contribution in [1.82, 2.24) is 4.68 Å². The third-order valence-electron chi connectivity index (χ3n) is 4.33. The predicted molar refractivity (Wildman–Crippen MR) is 106 cm³/mol. The molecule has 0 aliphatic heterocycles. The molecule has 4 nitrogen and oxygen atoms in total. The van der Waals surface area contributed by atoms with Crippen molar-refractivity contribution in [2.45, 2.75) is 0 Å². The fourth-order valence-corrected chi connectivity index (χ4v) is 2.99. The Labute approximate surface area is 151 Å². The van der Waals surface area contributed by atoms with Crippen LogP contribution in [0.25, 0.3) is 22.0 Å². The first-order valence-electron chi connectivity index (χ1n) is 8.37. The van der Waals surface area contributed by atoms with Crippen molar-refractivity contribution in [3.63, 3.8) is 0 Å². The lowest BCUT2D eigenvalue weighted by Crippen LogP contribution is -2.28. The third-order valence-corrected chi connectivity index (χ3v) is 4.33. The molecule has 1 aromatic heterocycles. The molecule has 0 spiro atoms. The Morgan fingerprint density at radius 2 is 1.54 bits per heavy atom. The Hall–Kier alpha value is -3.53. The highest BCUT2D eigenvalue weighted by Gasteiger charge is 2.11. The summed E-state index contributed by atoms with van der Waals surface area (Å²) in [6.07, 6.45) is 0. The largest absolute Gasteiger partial charge is 0.497 e. The molecule has 0 aliphatic rings. The van der Waals surface area contributed by atoms with Crippen LogP contribution in [-0.2, 0) is 0 Å². The maximum Gasteiger partial charge on any atom is 0.277 e. The molecular weight excluding hydrogens is 324 g/mol. The number of fused-ring (bicyclic) bond motifs is 1. The summed E-state index contributed by atoms with van der Waals surface area (Å²) in [5.74, 6) is 0.777. The molecule has 4 aromatic rings. The van der Waals surface area contributed by atoms with Crippen molar-refractivity contribution in [2.24, 2.45) is 0 Å². The molecule has 3 aromatic carbocycles. The summed E-state index contributed by atoms with van der Waals surface area (Å²) in [7, 11) is 1.64. The zero-order valence-electron chi connectivity index (χ0n) is 14.3. The Morgan fingerprint density at radius 1 is 0.846 bits per heavy atom. The Morgan fingerprint density at radius 3 is 2.27 bits per heavy atom. The van der Waals surface area contributed by atoms with Gasteiger partial charge in [-0.15, -0.1) is 0 Å². The van der Waals surface area contributed by atoms with E-state index in [4.69, 9.17) is 4.74 Å². The number of aromatic nitrogens is 1. The van der Waals surface area contributed by atoms with Crippen LogP contribution < -0.4 is 15.7 Å². The molecule has 128 valence electrons. The number of methoxy groups -OCH3 is 1. The average Bonchev–Trinajstić information content (AvgIpc) is 2.71. The van der Waals surface area contributed by atoms with Crippen LogP contribution in [0.2, 0.25) is 0 Å². The number of pyridine rings is 1. The summed E-state index contributed by atoms with van der Waals surface area (Å²) in [4.78, 5) is 13.1. The predicted octanol–water partition coefficient (Wildman–Crippen LogP) is 4.55. The zero-order chi connectivity index (χ0) is 17.9. The van der Waals surface area contributed by atoms with Gasteiger partial charge < -0.3 is 4.74 Å². The van der Waals surface area contributed by atoms with Crippen LogP contribution in [0.15, 0.2) is 89.7 Å². The summed E-state index contributed by atoms with van der Waals surface area (Å²) in [5.41, 5.74) is 5.71. The van der Waals surface area contributed by atoms with E-state index in [2.05, 4.69) is 5.43 Å². The number of para-hydroxylation sites is 1. The van der Waals surface area contributed by atoms with E-state index in [0.717, 1.165) is 28.1 Å². The molecule has 4 rings (SSSR count). The lowest BCUT2D eigenvalue weighted by atomic mass is 10.1. The molecule has 0 unspecified atom stereocenters. The van der Waals surface area contributed by atoms with Gasteiger partial charge in [0, 0.05) is 10.9 Å². The first kappa shape index (κ1) is 16.0. The molecule has 0 saturated heterocycles. The lowest BCUT2D eigenvalue weighted by molar-refractivity contribution is 0.415. The number of benzene rings is 3. The number of ether oxygens (including phenoxy) is 1. The van der Waals surface area contributed by atoms with Crippen molar-refractivity contribution < 1.29 is 4.74 Å². The van der Waals surface area contributed by atoms with Gasteiger partial charge in [-0.05, 0) is 53.9 Å². The highest BCUT2D eigenvalue weighted by molar-refractivity contribution is 5.85. The normalized spacial score (nSPS) is 10.7. The van der Waals surface area contributed by atoms with Crippen molar-refractivity contribution in [1.29, 1.82) is 0 Å². The van der Waals surface area contributed by atoms with Gasteiger partial charge in [0.1, 0.15) is 5.75 Å². The molecule has 26 heavy (non-hydrogen) atoms. The van der Waals surface area contributed by atoms with Crippen molar-refractivity contribution in [3.05, 3.63) is 95.3 Å². The third kappa shape index (κ3) is 2.93. The number of nitrogens with one attached hydrogen (secondary N) is 1. The van der Waals surface area contributed by atoms with Crippen LogP contribution in [0.4, 0.5) is 5.69 Å². The average molecular weight is 342 g/mol. The van der Waals surface area contributed by atoms with E-state index in [1.165, 1.54) is 0 Å². The molecule has 1 N–H and O–H groups in total. The van der Waals surface area contributed by atoms with E-state index < -0.39 is 0 Å². The topological polar surface area (TPSA) is 43.3 Å². The molecule has 4 heteroatoms. The molecule has 0 bridgehead atoms. The van der Waals surface area contributed by atoms with Gasteiger partial charge in [-0.2, -0.15) is 0 Å². The number of hydrogen-bond donors (Lipinski definition) is 1. The van der Waals surface area contributed by atoms with Crippen LogP contribution in [0.1, 0.15) is 0 Å². The minimum atomic E-state index is -0.0854. The minimum Gasteiger partial charge on any atom is -0.497 e. The summed E-state index contributed by atoms with van der Waals surface area (Å²) in [6, 6.07) is 27.0. The maximum absolute atomic E-state index is 13.1. The summed E-state index contributed by atoms with van der Waals surface area (Å²) in [6.45, 7) is 0. The van der Waals surface area contributed by atoms with Crippen molar-refractivity contribution in [2.75, 3.05) is 12.5 Å². The quantitative estimate of drug-likeness (QED) is 0.591. The first-order valence-corrected chi connectivity index (χ1v) is 8.37. The summed E-state index contributed by atoms with van der Waals surface area (Å²) >= 11 is 0. The standard InChI is InChI=1S/C22H18N2O2/c1-26-19-13-11-16(12-14-19)21-15-17-7-5-6-10-20(17)22(25)24(21)23-18-8-3-2-4-9-18/h2-15,23H,1H3. The van der Waals surface area contributed by atoms with Gasteiger partial charge in [-0.3, -0.25) is 10.2 Å². The van der Waals surface area contributed by atoms with Gasteiger partial charge in [-0.25, -0.2) is 4.68 Å². The molecule has 0 radical (unpaired) electrons. The van der Waals surface area contributed by atoms with Gasteiger partial charge in [0.2, 0.25) is 0 Å². The monoisotopic (exact) mass is 342 g/mol. The van der Waals surface area contributed by atoms with E-state index in [1.807, 2.05) is 84.9 Å². The molecule has 0 fully saturated rings. The van der Waals surface area contributed by atoms with Crippen LogP contribution in [0.5, 0.6) is 5.75 Å². The van der Waals surface area contributed by atoms with Crippen molar-refractivity contribution >= 4 is 16.5 Å². The molecular formula is C22H18N2O2. The SMILES string of the molecule is COc1ccc(-c2cc3ccccc3c(=O)n2Nc2ccccc2)cc1. The molecule has 0 aliphatic carbocycles. The van der Waals surface area contributed by atoms with E-state index >= 15 is 0 Å². The lowest BCUT2D eigenvalue weighted by Gasteiger charge is -2.17. The molecule has 0 saturated carbocycles. The van der Waals surface area contributed by atoms with E-state index in [9.17, 15) is 4.79 Å². The highest BCUT2D eigenvalue weighted by Crippen LogP contribution is 2.24. The smallest absolute Gasteiger partial charge is 0.277 e. The van der Waals surface area contributed by atoms with Crippen LogP contribution in [-0.4, -0.2) is 11.8 Å². The van der Waals surface area contributed by atoms with Gasteiger partial charge in [0.25, 0.3) is 5.56 Å². The van der Waals surface area contributed by atoms with E-state index in [0.29, 0.717) is 5.39 Å². The Balaban J connectivity index is 1.94. The summed E-state index contributed by atoms with van der Waals surface area (Å²) < 4.78 is 6.84. The second-order valence-electron chi connectivity index (χ2n) is 5.96. The molecule has 0 atom stereocenters. The second-order valence-corrected chi connectivity index (χ2v) is 5.96. The van der Waals surface area contributed by atoms with Gasteiger partial charge in [-0.1, -0.05) is 36.4 Å². The number of rotatable bonds is 4. The van der Waals surface area contributed by atoms with E-state index in [-0.39, 0.29) is 5.56 Å². The van der Waals surface area contributed by atoms with Crippen molar-refractivity contribution in [3.8, 4) is 17.0 Å². The van der Waals surface area contributed by atoms with Gasteiger partial charge >= 0.3 is 0 Å². The fourth-order valence-electron chi connectivity index (χ4n) is 2.99. The second kappa shape index (κ2) is 6.76. The van der Waals surface area contributed by atoms with Crippen LogP contribution in [0, 0.1) is 0 Å². The first-order chi connectivity index (χ1) is 12.8. The maximum atomic E-state index is 13.1. The Kier molecular flexibility index (Phi) is 4.15. The van der Waals surface area contributed by atoms with Crippen LogP contribution >= 0.6 is 0 Å².